The molecule has 0 radical (unpaired) electrons. The van der Waals surface area contributed by atoms with E-state index in [1.54, 1.807) is 0 Å². The number of hydrogen-bond acceptors (Lipinski definition) is 3. The fourth-order valence-electron chi connectivity index (χ4n) is 1.14. The average molecular weight is 203 g/mol. The number of nitrogens with two attached hydrogens (primary N) is 1. The Morgan fingerprint density at radius 3 is 2.07 bits per heavy atom. The molecule has 0 saturated heterocycles. The van der Waals surface area contributed by atoms with Crippen LogP contribution in [0.5, 0.6) is 0 Å². The topological polar surface area (TPSA) is 101 Å². The summed E-state index contributed by atoms with van der Waals surface area (Å²) in [5, 5.41) is 16.7. The van der Waals surface area contributed by atoms with Gasteiger partial charge in [-0.25, -0.2) is 0 Å². The van der Waals surface area contributed by atoms with Gasteiger partial charge in [0.15, 0.2) is 0 Å². The van der Waals surface area contributed by atoms with E-state index >= 15 is 0 Å². The predicted molar refractivity (Wildman–Crippen MR) is 50.9 cm³/mol. The maximum atomic E-state index is 10.2. The lowest BCUT2D eigenvalue weighted by molar-refractivity contribution is -0.138. The summed E-state index contributed by atoms with van der Waals surface area (Å²) in [5.41, 5.74) is 5.63. The monoisotopic (exact) mass is 203 g/mol. The van der Waals surface area contributed by atoms with Gasteiger partial charge in [0.25, 0.3) is 0 Å². The molecular formula is C9H17NO4. The second-order valence-corrected chi connectivity index (χ2v) is 3.33. The van der Waals surface area contributed by atoms with E-state index in [0.29, 0.717) is 19.3 Å². The minimum Gasteiger partial charge on any atom is -0.481 e. The van der Waals surface area contributed by atoms with E-state index in [2.05, 4.69) is 0 Å². The smallest absolute Gasteiger partial charge is 0.303 e. The molecule has 14 heavy (non-hydrogen) atoms. The van der Waals surface area contributed by atoms with Crippen molar-refractivity contribution in [1.82, 2.24) is 0 Å². The van der Waals surface area contributed by atoms with Crippen LogP contribution in [0, 0.1) is 0 Å². The summed E-state index contributed by atoms with van der Waals surface area (Å²) in [4.78, 5) is 20.3. The molecule has 0 aromatic rings. The number of unbranched alkanes of at least 4 members (excludes halogenated alkanes) is 1. The number of carbonyl (C=O) groups is 2. The van der Waals surface area contributed by atoms with E-state index < -0.39 is 11.9 Å². The standard InChI is InChI=1S/C9H17NO4/c10-7(5-6-9(13)14)3-1-2-4-8(11)12/h7H,1-6,10H2,(H,11,12)(H,13,14). The lowest BCUT2D eigenvalue weighted by atomic mass is 10.0. The van der Waals surface area contributed by atoms with Crippen LogP contribution in [0.3, 0.4) is 0 Å². The Labute approximate surface area is 82.9 Å². The van der Waals surface area contributed by atoms with E-state index in [1.165, 1.54) is 0 Å². The molecule has 0 saturated carbocycles. The van der Waals surface area contributed by atoms with Crippen LogP contribution >= 0.6 is 0 Å². The highest BCUT2D eigenvalue weighted by atomic mass is 16.4. The van der Waals surface area contributed by atoms with Crippen molar-refractivity contribution in [1.29, 1.82) is 0 Å². The Bertz CT molecular complexity index is 193. The third-order valence-electron chi connectivity index (χ3n) is 1.94. The third kappa shape index (κ3) is 8.99. The van der Waals surface area contributed by atoms with E-state index in [9.17, 15) is 9.59 Å². The van der Waals surface area contributed by atoms with Crippen LogP contribution in [0.1, 0.15) is 38.5 Å². The van der Waals surface area contributed by atoms with Gasteiger partial charge in [0.1, 0.15) is 0 Å². The highest BCUT2D eigenvalue weighted by Gasteiger charge is 2.06. The van der Waals surface area contributed by atoms with Gasteiger partial charge in [0.2, 0.25) is 0 Å². The summed E-state index contributed by atoms with van der Waals surface area (Å²) in [6, 6.07) is -0.125. The van der Waals surface area contributed by atoms with E-state index in [1.807, 2.05) is 0 Å². The molecule has 0 bridgehead atoms. The Kier molecular flexibility index (Phi) is 6.74. The van der Waals surface area contributed by atoms with Crippen LogP contribution < -0.4 is 5.73 Å². The summed E-state index contributed by atoms with van der Waals surface area (Å²) in [5.74, 6) is -1.64. The van der Waals surface area contributed by atoms with Gasteiger partial charge in [-0.2, -0.15) is 0 Å². The van der Waals surface area contributed by atoms with Crippen LogP contribution in [-0.2, 0) is 9.59 Å². The van der Waals surface area contributed by atoms with Gasteiger partial charge in [-0.05, 0) is 19.3 Å². The second kappa shape index (κ2) is 7.32. The molecule has 0 aliphatic heterocycles. The maximum absolute atomic E-state index is 10.2. The van der Waals surface area contributed by atoms with Crippen LogP contribution in [-0.4, -0.2) is 28.2 Å². The Morgan fingerprint density at radius 1 is 1.00 bits per heavy atom. The SMILES string of the molecule is NC(CCCCC(=O)O)CCC(=O)O. The summed E-state index contributed by atoms with van der Waals surface area (Å²) >= 11 is 0. The van der Waals surface area contributed by atoms with Gasteiger partial charge in [-0.15, -0.1) is 0 Å². The molecule has 5 heteroatoms. The number of carboxylic acid groups (broad SMARTS) is 2. The van der Waals surface area contributed by atoms with E-state index in [-0.39, 0.29) is 18.9 Å². The van der Waals surface area contributed by atoms with E-state index in [0.717, 1.165) is 6.42 Å². The molecule has 0 spiro atoms. The van der Waals surface area contributed by atoms with Crippen molar-refractivity contribution in [2.24, 2.45) is 5.73 Å². The van der Waals surface area contributed by atoms with Crippen molar-refractivity contribution < 1.29 is 19.8 Å². The number of hydrogen-bond donors (Lipinski definition) is 3. The predicted octanol–water partition coefficient (Wildman–Crippen LogP) is 0.823. The maximum Gasteiger partial charge on any atom is 0.303 e. The first-order chi connectivity index (χ1) is 6.52. The molecule has 5 nitrogen and oxygen atoms in total. The third-order valence-corrected chi connectivity index (χ3v) is 1.94. The Balaban J connectivity index is 3.30. The van der Waals surface area contributed by atoms with E-state index in [4.69, 9.17) is 15.9 Å². The van der Waals surface area contributed by atoms with Gasteiger partial charge in [0, 0.05) is 18.9 Å². The molecule has 0 aromatic heterocycles. The first kappa shape index (κ1) is 12.9. The molecular weight excluding hydrogens is 186 g/mol. The van der Waals surface area contributed by atoms with Gasteiger partial charge in [-0.1, -0.05) is 6.42 Å². The molecule has 0 heterocycles. The molecule has 0 aliphatic rings. The summed E-state index contributed by atoms with van der Waals surface area (Å²) < 4.78 is 0. The summed E-state index contributed by atoms with van der Waals surface area (Å²) in [6.45, 7) is 0. The Hall–Kier alpha value is -1.10. The first-order valence-electron chi connectivity index (χ1n) is 4.71. The van der Waals surface area contributed by atoms with Crippen LogP contribution in [0.4, 0.5) is 0 Å². The fraction of sp³-hybridized carbons (Fsp3) is 0.778. The minimum absolute atomic E-state index is 0.0834. The second-order valence-electron chi connectivity index (χ2n) is 3.33. The molecule has 1 unspecified atom stereocenters. The van der Waals surface area contributed by atoms with Gasteiger partial charge in [-0.3, -0.25) is 9.59 Å². The normalized spacial score (nSPS) is 12.4. The van der Waals surface area contributed by atoms with Gasteiger partial charge in [0.05, 0.1) is 0 Å². The zero-order chi connectivity index (χ0) is 11.0. The van der Waals surface area contributed by atoms with Crippen molar-refractivity contribution in [3.05, 3.63) is 0 Å². The zero-order valence-corrected chi connectivity index (χ0v) is 8.11. The molecule has 0 fully saturated rings. The average Bonchev–Trinajstić information content (AvgIpc) is 2.08. The highest BCUT2D eigenvalue weighted by molar-refractivity contribution is 5.66. The van der Waals surface area contributed by atoms with Crippen LogP contribution in [0.25, 0.3) is 0 Å². The van der Waals surface area contributed by atoms with Crippen LogP contribution in [0.2, 0.25) is 0 Å². The van der Waals surface area contributed by atoms with Crippen molar-refractivity contribution in [3.63, 3.8) is 0 Å². The summed E-state index contributed by atoms with van der Waals surface area (Å²) in [6.07, 6.45) is 2.75. The van der Waals surface area contributed by atoms with Crippen molar-refractivity contribution in [3.8, 4) is 0 Å². The first-order valence-corrected chi connectivity index (χ1v) is 4.71. The molecule has 4 N–H and O–H groups in total. The van der Waals surface area contributed by atoms with Crippen molar-refractivity contribution in [2.75, 3.05) is 0 Å². The Morgan fingerprint density at radius 2 is 1.57 bits per heavy atom. The highest BCUT2D eigenvalue weighted by Crippen LogP contribution is 2.06. The zero-order valence-electron chi connectivity index (χ0n) is 8.11. The quantitative estimate of drug-likeness (QED) is 0.507. The summed E-state index contributed by atoms with van der Waals surface area (Å²) in [7, 11) is 0. The van der Waals surface area contributed by atoms with Gasteiger partial charge >= 0.3 is 11.9 Å². The molecule has 0 rings (SSSR count). The molecule has 82 valence electrons. The minimum atomic E-state index is -0.842. The van der Waals surface area contributed by atoms with Crippen LogP contribution in [0.15, 0.2) is 0 Å². The fourth-order valence-corrected chi connectivity index (χ4v) is 1.14. The molecule has 0 aliphatic carbocycles. The lowest BCUT2D eigenvalue weighted by Crippen LogP contribution is -2.20. The number of rotatable bonds is 8. The van der Waals surface area contributed by atoms with Gasteiger partial charge < -0.3 is 15.9 Å². The molecule has 1 atom stereocenters. The van der Waals surface area contributed by atoms with Crippen molar-refractivity contribution in [2.45, 2.75) is 44.6 Å². The largest absolute Gasteiger partial charge is 0.481 e. The number of aliphatic carboxylic acids is 2. The van der Waals surface area contributed by atoms with Crippen molar-refractivity contribution >= 4 is 11.9 Å². The molecule has 0 amide bonds. The number of carboxylic acids is 2. The molecule has 0 aromatic carbocycles. The lowest BCUT2D eigenvalue weighted by Gasteiger charge is -2.08.